The van der Waals surface area contributed by atoms with Crippen LogP contribution in [0.1, 0.15) is 15.2 Å². The molecule has 0 saturated heterocycles. The first-order chi connectivity index (χ1) is 10.3. The van der Waals surface area contributed by atoms with E-state index in [9.17, 15) is 4.79 Å². The van der Waals surface area contributed by atoms with Gasteiger partial charge in [-0.1, -0.05) is 36.4 Å². The molecule has 1 amide bonds. The van der Waals surface area contributed by atoms with E-state index >= 15 is 0 Å². The topological polar surface area (TPSA) is 42.0 Å². The summed E-state index contributed by atoms with van der Waals surface area (Å²) < 4.78 is 0. The van der Waals surface area contributed by atoms with E-state index in [0.717, 1.165) is 16.1 Å². The second-order valence-electron chi connectivity index (χ2n) is 4.55. The Bertz CT molecular complexity index is 723. The molecule has 0 atom stereocenters. The lowest BCUT2D eigenvalue weighted by Gasteiger charge is -2.03. The molecule has 21 heavy (non-hydrogen) atoms. The third-order valence-corrected chi connectivity index (χ3v) is 4.15. The number of carbonyl (C=O) groups is 1. The van der Waals surface area contributed by atoms with Crippen molar-refractivity contribution in [3.05, 3.63) is 77.3 Å². The molecular weight excluding hydrogens is 280 g/mol. The second kappa shape index (κ2) is 6.33. The van der Waals surface area contributed by atoms with Crippen LogP contribution in [0.15, 0.2) is 66.9 Å². The van der Waals surface area contributed by atoms with Crippen LogP contribution in [0, 0.1) is 0 Å². The second-order valence-corrected chi connectivity index (χ2v) is 5.63. The Balaban J connectivity index is 1.67. The van der Waals surface area contributed by atoms with Gasteiger partial charge in [0.05, 0.1) is 15.4 Å². The van der Waals surface area contributed by atoms with Gasteiger partial charge in [0.1, 0.15) is 0 Å². The predicted molar refractivity (Wildman–Crippen MR) is 85.2 cm³/mol. The summed E-state index contributed by atoms with van der Waals surface area (Å²) in [5, 5.41) is 2.93. The summed E-state index contributed by atoms with van der Waals surface area (Å²) in [4.78, 5) is 18.1. The van der Waals surface area contributed by atoms with E-state index in [1.165, 1.54) is 11.3 Å². The first kappa shape index (κ1) is 13.5. The molecule has 3 nitrogen and oxygen atoms in total. The van der Waals surface area contributed by atoms with Gasteiger partial charge >= 0.3 is 0 Å². The van der Waals surface area contributed by atoms with Gasteiger partial charge in [-0.15, -0.1) is 11.3 Å². The summed E-state index contributed by atoms with van der Waals surface area (Å²) >= 11 is 1.45. The number of nitrogens with one attached hydrogen (secondary N) is 1. The van der Waals surface area contributed by atoms with Crippen molar-refractivity contribution in [2.45, 2.75) is 6.54 Å². The summed E-state index contributed by atoms with van der Waals surface area (Å²) in [6.45, 7) is 0.538. The minimum atomic E-state index is -0.0500. The summed E-state index contributed by atoms with van der Waals surface area (Å²) in [6, 6.07) is 19.4. The normalized spacial score (nSPS) is 10.3. The Morgan fingerprint density at radius 1 is 1.00 bits per heavy atom. The van der Waals surface area contributed by atoms with E-state index in [1.54, 1.807) is 6.20 Å². The zero-order valence-corrected chi connectivity index (χ0v) is 12.1. The van der Waals surface area contributed by atoms with Crippen molar-refractivity contribution < 1.29 is 4.79 Å². The van der Waals surface area contributed by atoms with Gasteiger partial charge in [0.25, 0.3) is 5.91 Å². The van der Waals surface area contributed by atoms with Gasteiger partial charge in [-0.2, -0.15) is 0 Å². The number of aromatic nitrogens is 1. The number of carbonyl (C=O) groups excluding carboxylic acids is 1. The number of hydrogen-bond acceptors (Lipinski definition) is 3. The fraction of sp³-hybridized carbons (Fsp3) is 0.0588. The highest BCUT2D eigenvalue weighted by molar-refractivity contribution is 7.17. The average Bonchev–Trinajstić information content (AvgIpc) is 3.04. The maximum Gasteiger partial charge on any atom is 0.261 e. The van der Waals surface area contributed by atoms with Gasteiger partial charge in [-0.05, 0) is 29.8 Å². The Labute approximate surface area is 127 Å². The number of pyridine rings is 1. The van der Waals surface area contributed by atoms with Crippen molar-refractivity contribution in [3.8, 4) is 10.6 Å². The van der Waals surface area contributed by atoms with Gasteiger partial charge in [0.15, 0.2) is 0 Å². The van der Waals surface area contributed by atoms with Crippen molar-refractivity contribution in [1.29, 1.82) is 0 Å². The molecule has 1 aromatic carbocycles. The monoisotopic (exact) mass is 294 g/mol. The molecule has 2 aromatic heterocycles. The summed E-state index contributed by atoms with van der Waals surface area (Å²) in [6.07, 6.45) is 1.75. The molecule has 0 radical (unpaired) electrons. The van der Waals surface area contributed by atoms with Crippen LogP contribution in [-0.2, 0) is 6.54 Å². The third kappa shape index (κ3) is 3.35. The van der Waals surface area contributed by atoms with Crippen LogP contribution in [0.25, 0.3) is 10.6 Å². The van der Waals surface area contributed by atoms with E-state index in [2.05, 4.69) is 10.3 Å². The molecular formula is C17H14N2OS. The Kier molecular flexibility index (Phi) is 4.07. The van der Waals surface area contributed by atoms with Crippen LogP contribution in [-0.4, -0.2) is 10.9 Å². The largest absolute Gasteiger partial charge is 0.347 e. The lowest BCUT2D eigenvalue weighted by Crippen LogP contribution is -2.21. The van der Waals surface area contributed by atoms with Crippen LogP contribution in [0.2, 0.25) is 0 Å². The molecule has 0 aliphatic carbocycles. The molecule has 4 heteroatoms. The fourth-order valence-electron chi connectivity index (χ4n) is 1.97. The van der Waals surface area contributed by atoms with E-state index < -0.39 is 0 Å². The zero-order chi connectivity index (χ0) is 14.5. The van der Waals surface area contributed by atoms with E-state index in [1.807, 2.05) is 60.7 Å². The third-order valence-electron chi connectivity index (χ3n) is 3.04. The molecule has 0 bridgehead atoms. The molecule has 0 aliphatic rings. The highest BCUT2D eigenvalue weighted by Gasteiger charge is 2.10. The highest BCUT2D eigenvalue weighted by Crippen LogP contribution is 2.26. The maximum atomic E-state index is 12.1. The standard InChI is InChI=1S/C17H14N2OS/c20-17(19-12-13-6-2-1-3-7-13)16-10-9-15(21-16)14-8-4-5-11-18-14/h1-11H,12H2,(H,19,20). The maximum absolute atomic E-state index is 12.1. The Morgan fingerprint density at radius 3 is 2.57 bits per heavy atom. The van der Waals surface area contributed by atoms with Crippen molar-refractivity contribution >= 4 is 17.2 Å². The average molecular weight is 294 g/mol. The minimum Gasteiger partial charge on any atom is -0.347 e. The lowest BCUT2D eigenvalue weighted by atomic mass is 10.2. The molecule has 0 aliphatic heterocycles. The molecule has 0 fully saturated rings. The number of hydrogen-bond donors (Lipinski definition) is 1. The number of thiophene rings is 1. The van der Waals surface area contributed by atoms with Gasteiger partial charge in [-0.3, -0.25) is 9.78 Å². The van der Waals surface area contributed by atoms with Gasteiger partial charge in [0, 0.05) is 12.7 Å². The first-order valence-corrected chi connectivity index (χ1v) is 7.48. The molecule has 3 aromatic rings. The van der Waals surface area contributed by atoms with Gasteiger partial charge in [0.2, 0.25) is 0 Å². The van der Waals surface area contributed by atoms with Crippen LogP contribution in [0.4, 0.5) is 0 Å². The van der Waals surface area contributed by atoms with Crippen molar-refractivity contribution in [3.63, 3.8) is 0 Å². The molecule has 0 unspecified atom stereocenters. The SMILES string of the molecule is O=C(NCc1ccccc1)c1ccc(-c2ccccn2)s1. The Morgan fingerprint density at radius 2 is 1.81 bits per heavy atom. The summed E-state index contributed by atoms with van der Waals surface area (Å²) in [5.74, 6) is -0.0500. The molecule has 2 heterocycles. The summed E-state index contributed by atoms with van der Waals surface area (Å²) in [5.41, 5.74) is 1.98. The molecule has 1 N–H and O–H groups in total. The number of benzene rings is 1. The quantitative estimate of drug-likeness (QED) is 0.796. The molecule has 3 rings (SSSR count). The van der Waals surface area contributed by atoms with Crippen molar-refractivity contribution in [1.82, 2.24) is 10.3 Å². The van der Waals surface area contributed by atoms with Crippen LogP contribution >= 0.6 is 11.3 Å². The predicted octanol–water partition coefficient (Wildman–Crippen LogP) is 3.74. The Hall–Kier alpha value is -2.46. The van der Waals surface area contributed by atoms with Gasteiger partial charge < -0.3 is 5.32 Å². The van der Waals surface area contributed by atoms with Crippen LogP contribution in [0.3, 0.4) is 0 Å². The van der Waals surface area contributed by atoms with Crippen molar-refractivity contribution in [2.24, 2.45) is 0 Å². The highest BCUT2D eigenvalue weighted by atomic mass is 32.1. The number of amides is 1. The fourth-order valence-corrected chi connectivity index (χ4v) is 2.87. The van der Waals surface area contributed by atoms with Crippen LogP contribution < -0.4 is 5.32 Å². The van der Waals surface area contributed by atoms with Gasteiger partial charge in [-0.25, -0.2) is 0 Å². The number of rotatable bonds is 4. The molecule has 0 saturated carbocycles. The smallest absolute Gasteiger partial charge is 0.261 e. The van der Waals surface area contributed by atoms with E-state index in [0.29, 0.717) is 11.4 Å². The summed E-state index contributed by atoms with van der Waals surface area (Å²) in [7, 11) is 0. The minimum absolute atomic E-state index is 0.0500. The molecule has 104 valence electrons. The number of nitrogens with zero attached hydrogens (tertiary/aromatic N) is 1. The van der Waals surface area contributed by atoms with E-state index in [-0.39, 0.29) is 5.91 Å². The first-order valence-electron chi connectivity index (χ1n) is 6.66. The zero-order valence-electron chi connectivity index (χ0n) is 11.3. The van der Waals surface area contributed by atoms with Crippen molar-refractivity contribution in [2.75, 3.05) is 0 Å². The van der Waals surface area contributed by atoms with E-state index in [4.69, 9.17) is 0 Å². The van der Waals surface area contributed by atoms with Crippen LogP contribution in [0.5, 0.6) is 0 Å². The lowest BCUT2D eigenvalue weighted by molar-refractivity contribution is 0.0955. The molecule has 0 spiro atoms.